The van der Waals surface area contributed by atoms with E-state index < -0.39 is 0 Å². The van der Waals surface area contributed by atoms with Crippen molar-refractivity contribution >= 4 is 88.2 Å². The van der Waals surface area contributed by atoms with E-state index in [4.69, 9.17) is 32.3 Å². The molecule has 4 aromatic heterocycles. The molecule has 169 valence electrons. The van der Waals surface area contributed by atoms with Gasteiger partial charge in [-0.3, -0.25) is 0 Å². The molecule has 37 heavy (non-hydrogen) atoms. The summed E-state index contributed by atoms with van der Waals surface area (Å²) in [5, 5.41) is 14.2. The fourth-order valence-corrected chi connectivity index (χ4v) is 6.70. The zero-order valence-electron chi connectivity index (χ0n) is 19.9. The fourth-order valence-electron chi connectivity index (χ4n) is 4.78. The second-order valence-corrected chi connectivity index (χ2v) is 10.5. The van der Waals surface area contributed by atoms with Gasteiger partial charge in [-0.15, -0.1) is 22.7 Å². The topological polar surface area (TPSA) is 63.8 Å². The number of rotatable bonds is 3. The molecule has 6 rings (SSSR count). The molecule has 0 aliphatic rings. The van der Waals surface area contributed by atoms with Crippen molar-refractivity contribution in [3.63, 3.8) is 0 Å². The third kappa shape index (κ3) is 3.39. The number of benzene rings is 2. The van der Waals surface area contributed by atoms with Crippen molar-refractivity contribution in [2.45, 2.75) is 13.8 Å². The van der Waals surface area contributed by atoms with Crippen molar-refractivity contribution < 1.29 is 0 Å². The van der Waals surface area contributed by atoms with Gasteiger partial charge in [-0.05, 0) is 38.1 Å². The van der Waals surface area contributed by atoms with Gasteiger partial charge in [-0.1, -0.05) is 24.3 Å². The van der Waals surface area contributed by atoms with Crippen LogP contribution in [0, 0.1) is 31.8 Å². The number of hydrogen-bond acceptors (Lipinski definition) is 5. The maximum absolute atomic E-state index is 10.3. The van der Waals surface area contributed by atoms with E-state index in [-0.39, 0.29) is 0 Å². The van der Waals surface area contributed by atoms with Crippen LogP contribution in [0.5, 0.6) is 0 Å². The number of fused-ring (bicyclic) bond motifs is 3. The minimum Gasteiger partial charge on any atom is -0.408 e. The van der Waals surface area contributed by atoms with Gasteiger partial charge in [0, 0.05) is 35.2 Å². The Morgan fingerprint density at radius 3 is 2.08 bits per heavy atom. The summed E-state index contributed by atoms with van der Waals surface area (Å²) in [6.45, 7) is 11.8. The molecule has 0 saturated carbocycles. The van der Waals surface area contributed by atoms with Gasteiger partial charge in [0.05, 0.1) is 32.4 Å². The lowest BCUT2D eigenvalue weighted by atomic mass is 9.66. The van der Waals surface area contributed by atoms with Crippen LogP contribution in [0.4, 0.5) is 0 Å². The Morgan fingerprint density at radius 1 is 0.946 bits per heavy atom. The summed E-state index contributed by atoms with van der Waals surface area (Å²) in [5.74, 6) is 0. The van der Waals surface area contributed by atoms with E-state index in [0.29, 0.717) is 37.7 Å². The molecule has 5 radical (unpaired) electrons. The smallest absolute Gasteiger partial charge is 0.244 e. The Morgan fingerprint density at radius 2 is 1.51 bits per heavy atom. The molecule has 4 heterocycles. The van der Waals surface area contributed by atoms with Crippen LogP contribution in [0.1, 0.15) is 21.4 Å². The summed E-state index contributed by atoms with van der Waals surface area (Å²) in [6.07, 6.45) is 0. The van der Waals surface area contributed by atoms with Crippen LogP contribution in [-0.4, -0.2) is 41.9 Å². The molecule has 0 aliphatic heterocycles. The van der Waals surface area contributed by atoms with Crippen molar-refractivity contribution in [2.24, 2.45) is 0 Å². The van der Waals surface area contributed by atoms with Crippen LogP contribution in [0.15, 0.2) is 48.5 Å². The molecule has 0 amide bonds. The minimum absolute atomic E-state index is 0.351. The zero-order chi connectivity index (χ0) is 25.8. The van der Waals surface area contributed by atoms with Gasteiger partial charge in [0.25, 0.3) is 0 Å². The van der Waals surface area contributed by atoms with Crippen molar-refractivity contribution in [3.05, 3.63) is 92.0 Å². The maximum Gasteiger partial charge on any atom is 0.244 e. The molecule has 0 fully saturated rings. The summed E-state index contributed by atoms with van der Waals surface area (Å²) >= 11 is 2.90. The highest BCUT2D eigenvalue weighted by molar-refractivity contribution is 7.20. The summed E-state index contributed by atoms with van der Waals surface area (Å²) in [5.41, 5.74) is 3.87. The Labute approximate surface area is 223 Å². The average molecular weight is 507 g/mol. The number of nitrogens with zero attached hydrogens (tertiary/aromatic N) is 6. The van der Waals surface area contributed by atoms with Crippen LogP contribution >= 0.6 is 22.7 Å². The third-order valence-electron chi connectivity index (χ3n) is 6.49. The number of para-hydroxylation sites is 2. The zero-order valence-corrected chi connectivity index (χ0v) is 21.5. The summed E-state index contributed by atoms with van der Waals surface area (Å²) in [7, 11) is 14.2. The predicted octanol–water partition coefficient (Wildman–Crippen LogP) is 3.56. The summed E-state index contributed by atoms with van der Waals surface area (Å²) < 4.78 is 5.28. The van der Waals surface area contributed by atoms with E-state index in [1.807, 2.05) is 62.4 Å². The fraction of sp³-hybridized carbons (Fsp3) is 0.0769. The number of hydrogen-bond donors (Lipinski definition) is 0. The van der Waals surface area contributed by atoms with Crippen molar-refractivity contribution in [1.82, 2.24) is 18.9 Å². The molecule has 6 nitrogen and oxygen atoms in total. The second kappa shape index (κ2) is 8.81. The van der Waals surface area contributed by atoms with E-state index >= 15 is 0 Å². The van der Waals surface area contributed by atoms with Gasteiger partial charge in [0.15, 0.2) is 7.31 Å². The second-order valence-electron chi connectivity index (χ2n) is 8.43. The largest absolute Gasteiger partial charge is 0.408 e. The highest BCUT2D eigenvalue weighted by atomic mass is 32.1. The first kappa shape index (κ1) is 23.4. The SMILES string of the molecule is [B][B]n1c(C)c2/c(=C(\[N+]#[C-])c3nc4ccccc4s3)n([B])c(C)c2/c1=C(\C#N)c1nc2ccccc2s1. The molecule has 6 aromatic rings. The van der Waals surface area contributed by atoms with E-state index in [9.17, 15) is 5.26 Å². The van der Waals surface area contributed by atoms with E-state index in [1.54, 1.807) is 4.48 Å². The van der Waals surface area contributed by atoms with Crippen LogP contribution < -0.4 is 10.7 Å². The molecule has 0 N–H and O–H groups in total. The van der Waals surface area contributed by atoms with Gasteiger partial charge in [-0.2, -0.15) is 5.26 Å². The molecule has 0 saturated heterocycles. The highest BCUT2D eigenvalue weighted by Crippen LogP contribution is 2.30. The molecule has 0 unspecified atom stereocenters. The molecular weight excluding hydrogens is 493 g/mol. The van der Waals surface area contributed by atoms with Gasteiger partial charge in [0.2, 0.25) is 13.7 Å². The Hall–Kier alpha value is -4.05. The first-order chi connectivity index (χ1) is 18.0. The average Bonchev–Trinajstić information content (AvgIpc) is 3.65. The van der Waals surface area contributed by atoms with Gasteiger partial charge in [0.1, 0.15) is 21.7 Å². The predicted molar refractivity (Wildman–Crippen MR) is 153 cm³/mol. The number of thiazole rings is 2. The number of nitriles is 1. The van der Waals surface area contributed by atoms with Crippen LogP contribution in [0.25, 0.3) is 47.3 Å². The monoisotopic (exact) mass is 507 g/mol. The Bertz CT molecular complexity index is 2030. The third-order valence-corrected chi connectivity index (χ3v) is 8.59. The van der Waals surface area contributed by atoms with Crippen LogP contribution in [0.2, 0.25) is 0 Å². The van der Waals surface area contributed by atoms with E-state index in [2.05, 4.69) is 10.9 Å². The van der Waals surface area contributed by atoms with Crippen molar-refractivity contribution in [1.29, 1.82) is 5.26 Å². The normalized spacial score (nSPS) is 13.1. The standard InChI is InChI=1S/C26H14B3N6S2/c1-13-20-21(24(34(13)28)22(31-3)26-33-17-9-5-7-11-19(17)37-26)14(2)35(29-27)23(20)15(12-30)25-32-16-8-4-6-10-18(16)36-25/h4-11H,1-2H3/b23-15-,24-22+. The molecule has 0 spiro atoms. The van der Waals surface area contributed by atoms with Crippen LogP contribution in [0.3, 0.4) is 0 Å². The molecule has 0 atom stereocenters. The first-order valence-corrected chi connectivity index (χ1v) is 12.9. The Kier molecular flexibility index (Phi) is 5.56. The van der Waals surface area contributed by atoms with E-state index in [0.717, 1.165) is 36.9 Å². The molecule has 0 bridgehead atoms. The maximum atomic E-state index is 10.3. The number of aromatic nitrogens is 4. The number of aryl methyl sites for hydroxylation is 2. The van der Waals surface area contributed by atoms with E-state index in [1.165, 1.54) is 34.5 Å². The lowest BCUT2D eigenvalue weighted by molar-refractivity contribution is 1.07. The molecule has 11 heteroatoms. The minimum atomic E-state index is 0.351. The van der Waals surface area contributed by atoms with Crippen molar-refractivity contribution in [3.8, 4) is 6.07 Å². The molecule has 2 aromatic carbocycles. The Balaban J connectivity index is 1.80. The summed E-state index contributed by atoms with van der Waals surface area (Å²) in [6, 6.07) is 17.9. The molecule has 0 aliphatic carbocycles. The van der Waals surface area contributed by atoms with Gasteiger partial charge >= 0.3 is 0 Å². The quantitative estimate of drug-likeness (QED) is 0.272. The first-order valence-electron chi connectivity index (χ1n) is 11.3. The molecular formula is C26H14B3N6S2. The van der Waals surface area contributed by atoms with Crippen LogP contribution in [-0.2, 0) is 0 Å². The highest BCUT2D eigenvalue weighted by Gasteiger charge is 2.23. The van der Waals surface area contributed by atoms with Gasteiger partial charge < -0.3 is 8.96 Å². The van der Waals surface area contributed by atoms with Gasteiger partial charge in [-0.25, -0.2) is 14.8 Å². The lowest BCUT2D eigenvalue weighted by Gasteiger charge is -2.07. The summed E-state index contributed by atoms with van der Waals surface area (Å²) in [4.78, 5) is 13.3. The van der Waals surface area contributed by atoms with Crippen molar-refractivity contribution in [2.75, 3.05) is 0 Å². The lowest BCUT2D eigenvalue weighted by Crippen LogP contribution is -2.27.